The zero-order chi connectivity index (χ0) is 15.3. The van der Waals surface area contributed by atoms with Crippen molar-refractivity contribution in [2.75, 3.05) is 23.9 Å². The van der Waals surface area contributed by atoms with Crippen molar-refractivity contribution < 1.29 is 17.4 Å². The van der Waals surface area contributed by atoms with Crippen LogP contribution in [0.15, 0.2) is 12.1 Å². The molecule has 0 spiro atoms. The zero-order valence-electron chi connectivity index (χ0n) is 10.7. The Morgan fingerprint density at radius 3 is 2.65 bits per heavy atom. The van der Waals surface area contributed by atoms with E-state index in [-0.39, 0.29) is 16.4 Å². The highest BCUT2D eigenvalue weighted by Gasteiger charge is 2.33. The molecule has 1 aromatic rings. The molecule has 1 heterocycles. The van der Waals surface area contributed by atoms with Gasteiger partial charge in [-0.05, 0) is 18.6 Å². The van der Waals surface area contributed by atoms with E-state index in [4.69, 9.17) is 18.0 Å². The van der Waals surface area contributed by atoms with Gasteiger partial charge < -0.3 is 11.1 Å². The number of alkyl halides is 3. The standard InChI is InChI=1S/C11H14F3N3OS2/c1-20(18)6-2-5-16-10-7(9(15)19)3-4-8(17-10)11(12,13)14/h3-4H,2,5-6H2,1H3,(H2,15,19)(H,16,17). The first-order chi connectivity index (χ1) is 9.21. The number of hydrogen-bond donors (Lipinski definition) is 2. The van der Waals surface area contributed by atoms with Crippen LogP contribution in [-0.2, 0) is 17.0 Å². The number of rotatable bonds is 6. The minimum absolute atomic E-state index is 0.00536. The predicted molar refractivity (Wildman–Crippen MR) is 77.2 cm³/mol. The first-order valence-corrected chi connectivity index (χ1v) is 7.77. The fourth-order valence-electron chi connectivity index (χ4n) is 1.43. The first-order valence-electron chi connectivity index (χ1n) is 5.63. The van der Waals surface area contributed by atoms with Crippen LogP contribution in [0, 0.1) is 0 Å². The van der Waals surface area contributed by atoms with E-state index in [1.165, 1.54) is 6.07 Å². The maximum absolute atomic E-state index is 12.6. The Balaban J connectivity index is 2.89. The van der Waals surface area contributed by atoms with Gasteiger partial charge in [0.15, 0.2) is 0 Å². The molecule has 9 heteroatoms. The highest BCUT2D eigenvalue weighted by Crippen LogP contribution is 2.29. The van der Waals surface area contributed by atoms with E-state index in [0.717, 1.165) is 6.07 Å². The Morgan fingerprint density at radius 2 is 2.15 bits per heavy atom. The number of anilines is 1. The number of nitrogens with two attached hydrogens (primary N) is 1. The maximum atomic E-state index is 12.6. The van der Waals surface area contributed by atoms with Crippen molar-refractivity contribution in [1.82, 2.24) is 4.98 Å². The summed E-state index contributed by atoms with van der Waals surface area (Å²) in [5.74, 6) is 0.447. The van der Waals surface area contributed by atoms with Crippen molar-refractivity contribution in [2.24, 2.45) is 5.73 Å². The molecule has 0 amide bonds. The number of hydrogen-bond acceptors (Lipinski definition) is 4. The Kier molecular flexibility index (Phi) is 5.88. The van der Waals surface area contributed by atoms with Crippen molar-refractivity contribution in [3.63, 3.8) is 0 Å². The normalized spacial score (nSPS) is 13.0. The summed E-state index contributed by atoms with van der Waals surface area (Å²) in [6.45, 7) is 0.337. The molecule has 4 nitrogen and oxygen atoms in total. The highest BCUT2D eigenvalue weighted by molar-refractivity contribution is 7.84. The summed E-state index contributed by atoms with van der Waals surface area (Å²) in [4.78, 5) is 3.47. The molecule has 0 saturated carbocycles. The van der Waals surface area contributed by atoms with Gasteiger partial charge in [-0.2, -0.15) is 13.2 Å². The third kappa shape index (κ3) is 5.04. The fourth-order valence-corrected chi connectivity index (χ4v) is 2.15. The summed E-state index contributed by atoms with van der Waals surface area (Å²) in [6.07, 6.45) is -2.43. The minimum Gasteiger partial charge on any atom is -0.389 e. The van der Waals surface area contributed by atoms with Crippen LogP contribution in [0.3, 0.4) is 0 Å². The van der Waals surface area contributed by atoms with Crippen LogP contribution in [-0.4, -0.2) is 32.7 Å². The topological polar surface area (TPSA) is 68.0 Å². The van der Waals surface area contributed by atoms with Gasteiger partial charge in [0.05, 0.1) is 5.56 Å². The summed E-state index contributed by atoms with van der Waals surface area (Å²) in [6, 6.07) is 2.03. The summed E-state index contributed by atoms with van der Waals surface area (Å²) in [5.41, 5.74) is 4.69. The lowest BCUT2D eigenvalue weighted by Gasteiger charge is -2.13. The fraction of sp³-hybridized carbons (Fsp3) is 0.455. The van der Waals surface area contributed by atoms with Crippen LogP contribution in [0.5, 0.6) is 0 Å². The zero-order valence-corrected chi connectivity index (χ0v) is 12.3. The van der Waals surface area contributed by atoms with Gasteiger partial charge in [-0.15, -0.1) is 0 Å². The summed E-state index contributed by atoms with van der Waals surface area (Å²) in [7, 11) is -0.947. The number of halogens is 3. The van der Waals surface area contributed by atoms with Crippen LogP contribution in [0.2, 0.25) is 0 Å². The molecule has 20 heavy (non-hydrogen) atoms. The molecule has 0 aliphatic heterocycles. The molecular formula is C11H14F3N3OS2. The second-order valence-electron chi connectivity index (χ2n) is 4.01. The van der Waals surface area contributed by atoms with Gasteiger partial charge >= 0.3 is 6.18 Å². The molecule has 0 aromatic carbocycles. The van der Waals surface area contributed by atoms with Crippen LogP contribution >= 0.6 is 12.2 Å². The van der Waals surface area contributed by atoms with Crippen LogP contribution in [0.1, 0.15) is 17.7 Å². The van der Waals surface area contributed by atoms with Gasteiger partial charge in [0.2, 0.25) is 0 Å². The Labute approximate surface area is 122 Å². The molecule has 3 N–H and O–H groups in total. The van der Waals surface area contributed by atoms with E-state index in [1.54, 1.807) is 6.26 Å². The molecule has 0 fully saturated rings. The third-order valence-corrected chi connectivity index (χ3v) is 3.44. The summed E-state index contributed by atoms with van der Waals surface area (Å²) >= 11 is 4.77. The minimum atomic E-state index is -4.53. The number of nitrogens with zero attached hydrogens (tertiary/aromatic N) is 1. The first kappa shape index (κ1) is 16.8. The molecular weight excluding hydrogens is 311 g/mol. The van der Waals surface area contributed by atoms with Gasteiger partial charge in [-0.1, -0.05) is 12.2 Å². The van der Waals surface area contributed by atoms with Gasteiger partial charge in [-0.25, -0.2) is 4.98 Å². The molecule has 1 atom stereocenters. The molecule has 1 aromatic heterocycles. The number of thiocarbonyl (C=S) groups is 1. The number of nitrogens with one attached hydrogen (secondary N) is 1. The second-order valence-corrected chi connectivity index (χ2v) is 6.01. The van der Waals surface area contributed by atoms with E-state index >= 15 is 0 Å². The largest absolute Gasteiger partial charge is 0.433 e. The molecule has 0 aliphatic carbocycles. The lowest BCUT2D eigenvalue weighted by atomic mass is 10.2. The smallest absolute Gasteiger partial charge is 0.389 e. The monoisotopic (exact) mass is 325 g/mol. The SMILES string of the molecule is CS(=O)CCCNc1nc(C(F)(F)F)ccc1C(N)=S. The lowest BCUT2D eigenvalue weighted by molar-refractivity contribution is -0.141. The van der Waals surface area contributed by atoms with Crippen LogP contribution < -0.4 is 11.1 Å². The Morgan fingerprint density at radius 1 is 1.50 bits per heavy atom. The number of pyridine rings is 1. The third-order valence-electron chi connectivity index (χ3n) is 2.35. The van der Waals surface area contributed by atoms with Gasteiger partial charge in [0, 0.05) is 29.4 Å². The molecule has 1 unspecified atom stereocenters. The number of aromatic nitrogens is 1. The van der Waals surface area contributed by atoms with E-state index in [2.05, 4.69) is 10.3 Å². The molecule has 0 saturated heterocycles. The Hall–Kier alpha value is -1.22. The Bertz CT molecular complexity index is 520. The quantitative estimate of drug-likeness (QED) is 0.618. The van der Waals surface area contributed by atoms with Crippen molar-refractivity contribution in [2.45, 2.75) is 12.6 Å². The average Bonchev–Trinajstić information content (AvgIpc) is 2.32. The van der Waals surface area contributed by atoms with Crippen molar-refractivity contribution in [3.8, 4) is 0 Å². The van der Waals surface area contributed by atoms with E-state index in [9.17, 15) is 17.4 Å². The van der Waals surface area contributed by atoms with Crippen LogP contribution in [0.4, 0.5) is 19.0 Å². The van der Waals surface area contributed by atoms with E-state index < -0.39 is 22.7 Å². The summed E-state index contributed by atoms with van der Waals surface area (Å²) in [5, 5.41) is 2.75. The molecule has 112 valence electrons. The van der Waals surface area contributed by atoms with E-state index in [0.29, 0.717) is 18.7 Å². The van der Waals surface area contributed by atoms with Crippen molar-refractivity contribution in [1.29, 1.82) is 0 Å². The van der Waals surface area contributed by atoms with Crippen LogP contribution in [0.25, 0.3) is 0 Å². The van der Waals surface area contributed by atoms with Crippen molar-refractivity contribution >= 4 is 33.8 Å². The van der Waals surface area contributed by atoms with Gasteiger partial charge in [0.25, 0.3) is 0 Å². The predicted octanol–water partition coefficient (Wildman–Crippen LogP) is 1.92. The maximum Gasteiger partial charge on any atom is 0.433 e. The van der Waals surface area contributed by atoms with Gasteiger partial charge in [0.1, 0.15) is 16.5 Å². The molecule has 0 bridgehead atoms. The van der Waals surface area contributed by atoms with E-state index in [1.807, 2.05) is 0 Å². The van der Waals surface area contributed by atoms with Crippen molar-refractivity contribution in [3.05, 3.63) is 23.4 Å². The highest BCUT2D eigenvalue weighted by atomic mass is 32.2. The van der Waals surface area contributed by atoms with Gasteiger partial charge in [-0.3, -0.25) is 4.21 Å². The average molecular weight is 325 g/mol. The summed E-state index contributed by atoms with van der Waals surface area (Å²) < 4.78 is 48.7. The molecule has 0 aliphatic rings. The lowest BCUT2D eigenvalue weighted by Crippen LogP contribution is -2.18. The molecule has 0 radical (unpaired) electrons. The second kappa shape index (κ2) is 6.98. The molecule has 1 rings (SSSR count).